The Morgan fingerprint density at radius 3 is 2.56 bits per heavy atom. The van der Waals surface area contributed by atoms with Crippen molar-refractivity contribution in [2.24, 2.45) is 0 Å². The maximum atomic E-state index is 11.1. The Bertz CT molecular complexity index is 434. The first kappa shape index (κ1) is 13.1. The normalized spacial score (nSPS) is 17.7. The maximum Gasteiger partial charge on any atom is 0.221 e. The van der Waals surface area contributed by atoms with Crippen LogP contribution in [0, 0.1) is 6.92 Å². The molecule has 0 unspecified atom stereocenters. The van der Waals surface area contributed by atoms with Gasteiger partial charge in [-0.25, -0.2) is 0 Å². The van der Waals surface area contributed by atoms with Crippen LogP contribution in [0.25, 0.3) is 0 Å². The number of likely N-dealkylation sites (tertiary alicyclic amines) is 1. The first-order valence-corrected chi connectivity index (χ1v) is 6.63. The van der Waals surface area contributed by atoms with Crippen molar-refractivity contribution in [3.8, 4) is 0 Å². The van der Waals surface area contributed by atoms with Gasteiger partial charge < -0.3 is 10.2 Å². The maximum absolute atomic E-state index is 11.1. The molecule has 1 saturated heterocycles. The van der Waals surface area contributed by atoms with Crippen LogP contribution in [0.4, 0.5) is 5.69 Å². The summed E-state index contributed by atoms with van der Waals surface area (Å²) in [5, 5.41) is 2.86. The zero-order valence-electron chi connectivity index (χ0n) is 11.5. The van der Waals surface area contributed by atoms with Crippen LogP contribution in [-0.4, -0.2) is 30.9 Å². The van der Waals surface area contributed by atoms with Gasteiger partial charge in [-0.3, -0.25) is 4.79 Å². The molecule has 98 valence electrons. The Hall–Kier alpha value is -1.35. The van der Waals surface area contributed by atoms with Gasteiger partial charge in [-0.1, -0.05) is 12.1 Å². The highest BCUT2D eigenvalue weighted by molar-refractivity contribution is 5.89. The highest BCUT2D eigenvalue weighted by Crippen LogP contribution is 2.29. The molecule has 0 aromatic heterocycles. The average molecular weight is 246 g/mol. The Balaban J connectivity index is 2.11. The van der Waals surface area contributed by atoms with Gasteiger partial charge in [0.2, 0.25) is 5.91 Å². The summed E-state index contributed by atoms with van der Waals surface area (Å²) in [7, 11) is 2.18. The van der Waals surface area contributed by atoms with Gasteiger partial charge in [-0.15, -0.1) is 0 Å². The van der Waals surface area contributed by atoms with Gasteiger partial charge in [0.1, 0.15) is 0 Å². The molecule has 1 aliphatic rings. The van der Waals surface area contributed by atoms with E-state index in [1.807, 2.05) is 6.07 Å². The lowest BCUT2D eigenvalue weighted by molar-refractivity contribution is -0.114. The average Bonchev–Trinajstić information content (AvgIpc) is 2.32. The lowest BCUT2D eigenvalue weighted by Gasteiger charge is -2.29. The fraction of sp³-hybridized carbons (Fsp3) is 0.533. The van der Waals surface area contributed by atoms with Crippen LogP contribution in [0.5, 0.6) is 0 Å². The molecule has 1 aromatic carbocycles. The first-order valence-electron chi connectivity index (χ1n) is 6.63. The first-order chi connectivity index (χ1) is 8.56. The lowest BCUT2D eigenvalue weighted by atomic mass is 9.88. The summed E-state index contributed by atoms with van der Waals surface area (Å²) >= 11 is 0. The second-order valence-corrected chi connectivity index (χ2v) is 5.33. The van der Waals surface area contributed by atoms with Crippen molar-refractivity contribution >= 4 is 11.6 Å². The summed E-state index contributed by atoms with van der Waals surface area (Å²) in [5.41, 5.74) is 3.50. The highest BCUT2D eigenvalue weighted by Gasteiger charge is 2.18. The summed E-state index contributed by atoms with van der Waals surface area (Å²) in [6, 6.07) is 6.42. The zero-order valence-corrected chi connectivity index (χ0v) is 11.5. The number of hydrogen-bond donors (Lipinski definition) is 1. The number of amides is 1. The number of benzene rings is 1. The Morgan fingerprint density at radius 2 is 2.00 bits per heavy atom. The number of carbonyl (C=O) groups excluding carboxylic acids is 1. The predicted octanol–water partition coefficient (Wildman–Crippen LogP) is 2.76. The van der Waals surface area contributed by atoms with Crippen LogP contribution in [-0.2, 0) is 4.79 Å². The standard InChI is InChI=1S/C15H22N2O/c1-11-10-14(4-5-15(11)16-12(2)18)13-6-8-17(3)9-7-13/h4-5,10,13H,6-9H2,1-3H3,(H,16,18). The molecular formula is C15H22N2O. The zero-order chi connectivity index (χ0) is 13.1. The molecule has 1 fully saturated rings. The number of anilines is 1. The summed E-state index contributed by atoms with van der Waals surface area (Å²) in [6.07, 6.45) is 2.46. The Labute approximate surface area is 109 Å². The quantitative estimate of drug-likeness (QED) is 0.870. The van der Waals surface area contributed by atoms with Crippen LogP contribution in [0.2, 0.25) is 0 Å². The third kappa shape index (κ3) is 3.10. The number of nitrogens with one attached hydrogen (secondary N) is 1. The van der Waals surface area contributed by atoms with Crippen molar-refractivity contribution in [1.29, 1.82) is 0 Å². The van der Waals surface area contributed by atoms with Crippen molar-refractivity contribution in [1.82, 2.24) is 4.90 Å². The van der Waals surface area contributed by atoms with E-state index in [2.05, 4.69) is 36.3 Å². The van der Waals surface area contributed by atoms with E-state index in [0.717, 1.165) is 11.3 Å². The van der Waals surface area contributed by atoms with E-state index in [1.165, 1.54) is 31.5 Å². The molecule has 2 rings (SSSR count). The van der Waals surface area contributed by atoms with Gasteiger partial charge in [0.15, 0.2) is 0 Å². The number of hydrogen-bond acceptors (Lipinski definition) is 2. The van der Waals surface area contributed by atoms with Gasteiger partial charge in [-0.2, -0.15) is 0 Å². The van der Waals surface area contributed by atoms with Gasteiger partial charge in [-0.05, 0) is 63.0 Å². The largest absolute Gasteiger partial charge is 0.326 e. The molecule has 1 aliphatic heterocycles. The van der Waals surface area contributed by atoms with Crippen LogP contribution < -0.4 is 5.32 Å². The Kier molecular flexibility index (Phi) is 4.02. The second-order valence-electron chi connectivity index (χ2n) is 5.33. The fourth-order valence-corrected chi connectivity index (χ4v) is 2.61. The van der Waals surface area contributed by atoms with Gasteiger partial charge in [0.05, 0.1) is 0 Å². The number of piperidine rings is 1. The van der Waals surface area contributed by atoms with Crippen molar-refractivity contribution in [3.05, 3.63) is 29.3 Å². The van der Waals surface area contributed by atoms with Crippen LogP contribution >= 0.6 is 0 Å². The molecule has 0 bridgehead atoms. The lowest BCUT2D eigenvalue weighted by Crippen LogP contribution is -2.29. The smallest absolute Gasteiger partial charge is 0.221 e. The minimum atomic E-state index is -0.00913. The molecule has 1 amide bonds. The molecule has 0 aliphatic carbocycles. The van der Waals surface area contributed by atoms with Crippen LogP contribution in [0.1, 0.15) is 36.8 Å². The van der Waals surface area contributed by atoms with E-state index in [-0.39, 0.29) is 5.91 Å². The third-order valence-corrected chi connectivity index (χ3v) is 3.75. The van der Waals surface area contributed by atoms with Crippen molar-refractivity contribution in [3.63, 3.8) is 0 Å². The van der Waals surface area contributed by atoms with E-state index in [9.17, 15) is 4.79 Å². The van der Waals surface area contributed by atoms with E-state index in [4.69, 9.17) is 0 Å². The van der Waals surface area contributed by atoms with E-state index < -0.39 is 0 Å². The van der Waals surface area contributed by atoms with E-state index in [1.54, 1.807) is 6.92 Å². The molecule has 18 heavy (non-hydrogen) atoms. The summed E-state index contributed by atoms with van der Waals surface area (Å²) < 4.78 is 0. The topological polar surface area (TPSA) is 32.3 Å². The van der Waals surface area contributed by atoms with Crippen LogP contribution in [0.3, 0.4) is 0 Å². The molecule has 0 atom stereocenters. The summed E-state index contributed by atoms with van der Waals surface area (Å²) in [4.78, 5) is 13.5. The van der Waals surface area contributed by atoms with Crippen molar-refractivity contribution < 1.29 is 4.79 Å². The molecule has 0 saturated carbocycles. The van der Waals surface area contributed by atoms with Gasteiger partial charge in [0, 0.05) is 12.6 Å². The molecule has 1 N–H and O–H groups in total. The van der Waals surface area contributed by atoms with E-state index in [0.29, 0.717) is 5.92 Å². The number of carbonyl (C=O) groups is 1. The number of aryl methyl sites for hydroxylation is 1. The second kappa shape index (κ2) is 5.53. The summed E-state index contributed by atoms with van der Waals surface area (Å²) in [6.45, 7) is 5.96. The molecule has 3 heteroatoms. The summed E-state index contributed by atoms with van der Waals surface area (Å²) in [5.74, 6) is 0.663. The Morgan fingerprint density at radius 1 is 1.33 bits per heavy atom. The third-order valence-electron chi connectivity index (χ3n) is 3.75. The SMILES string of the molecule is CC(=O)Nc1ccc(C2CCN(C)CC2)cc1C. The number of nitrogens with zero attached hydrogens (tertiary/aromatic N) is 1. The fourth-order valence-electron chi connectivity index (χ4n) is 2.61. The molecule has 1 aromatic rings. The minimum absolute atomic E-state index is 0.00913. The van der Waals surface area contributed by atoms with Crippen molar-refractivity contribution in [2.75, 3.05) is 25.5 Å². The van der Waals surface area contributed by atoms with E-state index >= 15 is 0 Å². The molecule has 0 spiro atoms. The molecule has 3 nitrogen and oxygen atoms in total. The highest BCUT2D eigenvalue weighted by atomic mass is 16.1. The molecular weight excluding hydrogens is 224 g/mol. The molecule has 1 heterocycles. The minimum Gasteiger partial charge on any atom is -0.326 e. The van der Waals surface area contributed by atoms with Gasteiger partial charge >= 0.3 is 0 Å². The number of rotatable bonds is 2. The van der Waals surface area contributed by atoms with Crippen molar-refractivity contribution in [2.45, 2.75) is 32.6 Å². The monoisotopic (exact) mass is 246 g/mol. The van der Waals surface area contributed by atoms with Gasteiger partial charge in [0.25, 0.3) is 0 Å². The molecule has 0 radical (unpaired) electrons. The van der Waals surface area contributed by atoms with Crippen LogP contribution in [0.15, 0.2) is 18.2 Å². The predicted molar refractivity (Wildman–Crippen MR) is 75.0 cm³/mol.